The Morgan fingerprint density at radius 3 is 2.56 bits per heavy atom. The molecule has 7 atom stereocenters. The summed E-state index contributed by atoms with van der Waals surface area (Å²) in [7, 11) is 3.65. The van der Waals surface area contributed by atoms with Gasteiger partial charge in [0, 0.05) is 14.2 Å². The van der Waals surface area contributed by atoms with E-state index in [1.165, 1.54) is 31.3 Å². The van der Waals surface area contributed by atoms with E-state index in [9.17, 15) is 5.11 Å². The first-order chi connectivity index (χ1) is 12.0. The minimum absolute atomic E-state index is 0.0983. The highest BCUT2D eigenvalue weighted by molar-refractivity contribution is 5.47. The molecule has 3 heteroatoms. The zero-order chi connectivity index (χ0) is 17.8. The van der Waals surface area contributed by atoms with E-state index in [1.807, 2.05) is 21.1 Å². The van der Waals surface area contributed by atoms with Gasteiger partial charge in [0.15, 0.2) is 0 Å². The van der Waals surface area contributed by atoms with Gasteiger partial charge in [-0.25, -0.2) is 0 Å². The SMILES string of the molecule is COC1CCC2=C(C3=CC[C@]4(C)[C@@H](C(C)O)CC[C@H]4[C@@H]3CC2)C1OC. The molecule has 0 bridgehead atoms. The van der Waals surface area contributed by atoms with Crippen LogP contribution in [0.2, 0.25) is 0 Å². The first kappa shape index (κ1) is 17.8. The minimum Gasteiger partial charge on any atom is -0.393 e. The molecule has 1 saturated carbocycles. The van der Waals surface area contributed by atoms with Crippen molar-refractivity contribution in [2.75, 3.05) is 14.2 Å². The summed E-state index contributed by atoms with van der Waals surface area (Å²) in [4.78, 5) is 0. The lowest BCUT2D eigenvalue weighted by atomic mass is 9.56. The molecule has 0 aliphatic heterocycles. The highest BCUT2D eigenvalue weighted by Gasteiger charge is 2.54. The van der Waals surface area contributed by atoms with Gasteiger partial charge in [-0.3, -0.25) is 0 Å². The Balaban J connectivity index is 1.71. The monoisotopic (exact) mass is 346 g/mol. The van der Waals surface area contributed by atoms with E-state index in [-0.39, 0.29) is 23.7 Å². The van der Waals surface area contributed by atoms with Crippen LogP contribution in [-0.4, -0.2) is 37.6 Å². The van der Waals surface area contributed by atoms with Crippen LogP contribution in [0, 0.1) is 23.2 Å². The van der Waals surface area contributed by atoms with Crippen LogP contribution in [-0.2, 0) is 9.47 Å². The number of aliphatic hydroxyl groups is 1. The summed E-state index contributed by atoms with van der Waals surface area (Å²) in [6, 6.07) is 0. The van der Waals surface area contributed by atoms with E-state index in [0.29, 0.717) is 17.8 Å². The highest BCUT2D eigenvalue weighted by atomic mass is 16.5. The van der Waals surface area contributed by atoms with E-state index in [2.05, 4.69) is 13.0 Å². The van der Waals surface area contributed by atoms with Crippen molar-refractivity contribution in [3.63, 3.8) is 0 Å². The number of ether oxygens (including phenoxy) is 2. The summed E-state index contributed by atoms with van der Waals surface area (Å²) in [5.41, 5.74) is 4.94. The molecule has 4 aliphatic carbocycles. The molecule has 0 spiro atoms. The zero-order valence-electron chi connectivity index (χ0n) is 16.3. The second-order valence-electron chi connectivity index (χ2n) is 9.03. The van der Waals surface area contributed by atoms with E-state index in [0.717, 1.165) is 19.3 Å². The Morgan fingerprint density at radius 1 is 1.12 bits per heavy atom. The normalized spacial score (nSPS) is 44.7. The van der Waals surface area contributed by atoms with Gasteiger partial charge in [-0.1, -0.05) is 18.6 Å². The summed E-state index contributed by atoms with van der Waals surface area (Å²) in [6.07, 6.45) is 10.9. The standard InChI is InChI=1S/C22H34O3/c1-13(23)17-8-9-18-15-7-5-14-6-10-19(24-3)21(25-4)20(14)16(15)11-12-22(17,18)2/h11,13,15,17-19,21,23H,5-10,12H2,1-4H3/t13?,15-,17-,18+,19?,21?,22-/m1/s1. The lowest BCUT2D eigenvalue weighted by Crippen LogP contribution is -2.44. The summed E-state index contributed by atoms with van der Waals surface area (Å²) in [5.74, 6) is 1.80. The van der Waals surface area contributed by atoms with Crippen molar-refractivity contribution in [3.05, 3.63) is 22.8 Å². The third kappa shape index (κ3) is 2.57. The molecule has 4 aliphatic rings. The van der Waals surface area contributed by atoms with E-state index >= 15 is 0 Å². The van der Waals surface area contributed by atoms with E-state index < -0.39 is 0 Å². The van der Waals surface area contributed by atoms with Crippen LogP contribution in [0.5, 0.6) is 0 Å². The van der Waals surface area contributed by atoms with Gasteiger partial charge in [-0.2, -0.15) is 0 Å². The lowest BCUT2D eigenvalue weighted by Gasteiger charge is -2.50. The van der Waals surface area contributed by atoms with Gasteiger partial charge in [0.05, 0.1) is 12.2 Å². The zero-order valence-corrected chi connectivity index (χ0v) is 16.3. The van der Waals surface area contributed by atoms with Crippen molar-refractivity contribution in [2.45, 2.75) is 77.1 Å². The Kier molecular flexibility index (Phi) is 4.62. The summed E-state index contributed by atoms with van der Waals surface area (Å²) in [5, 5.41) is 10.3. The van der Waals surface area contributed by atoms with Crippen molar-refractivity contribution in [1.29, 1.82) is 0 Å². The van der Waals surface area contributed by atoms with Crippen LogP contribution in [0.1, 0.15) is 58.8 Å². The summed E-state index contributed by atoms with van der Waals surface area (Å²) < 4.78 is 11.7. The second kappa shape index (κ2) is 6.51. The molecule has 1 fully saturated rings. The first-order valence-corrected chi connectivity index (χ1v) is 10.2. The molecular formula is C22H34O3. The number of hydrogen-bond acceptors (Lipinski definition) is 3. The molecule has 0 heterocycles. The molecule has 25 heavy (non-hydrogen) atoms. The smallest absolute Gasteiger partial charge is 0.108 e. The largest absolute Gasteiger partial charge is 0.393 e. The van der Waals surface area contributed by atoms with Crippen molar-refractivity contribution < 1.29 is 14.6 Å². The maximum absolute atomic E-state index is 10.3. The molecule has 4 rings (SSSR count). The van der Waals surface area contributed by atoms with Gasteiger partial charge in [-0.05, 0) is 86.2 Å². The minimum atomic E-state index is -0.192. The molecule has 0 aromatic rings. The predicted molar refractivity (Wildman–Crippen MR) is 99.3 cm³/mol. The first-order valence-electron chi connectivity index (χ1n) is 10.2. The summed E-state index contributed by atoms with van der Waals surface area (Å²) in [6.45, 7) is 4.43. The van der Waals surface area contributed by atoms with Crippen LogP contribution in [0.4, 0.5) is 0 Å². The average molecular weight is 347 g/mol. The third-order valence-corrected chi connectivity index (χ3v) is 8.07. The number of rotatable bonds is 3. The quantitative estimate of drug-likeness (QED) is 0.830. The van der Waals surface area contributed by atoms with Gasteiger partial charge < -0.3 is 14.6 Å². The molecule has 0 aromatic carbocycles. The van der Waals surface area contributed by atoms with Gasteiger partial charge in [0.1, 0.15) is 6.10 Å². The van der Waals surface area contributed by atoms with Crippen molar-refractivity contribution in [3.8, 4) is 0 Å². The number of methoxy groups -OCH3 is 2. The van der Waals surface area contributed by atoms with Gasteiger partial charge in [-0.15, -0.1) is 0 Å². The van der Waals surface area contributed by atoms with Gasteiger partial charge >= 0.3 is 0 Å². The molecule has 0 saturated heterocycles. The fraction of sp³-hybridized carbons (Fsp3) is 0.818. The Bertz CT molecular complexity index is 590. The van der Waals surface area contributed by atoms with Crippen molar-refractivity contribution >= 4 is 0 Å². The molecule has 1 N–H and O–H groups in total. The fourth-order valence-corrected chi connectivity index (χ4v) is 6.87. The van der Waals surface area contributed by atoms with Crippen LogP contribution < -0.4 is 0 Å². The number of allylic oxidation sites excluding steroid dienone is 2. The summed E-state index contributed by atoms with van der Waals surface area (Å²) >= 11 is 0. The fourth-order valence-electron chi connectivity index (χ4n) is 6.87. The molecule has 0 radical (unpaired) electrons. The maximum Gasteiger partial charge on any atom is 0.108 e. The molecule has 0 amide bonds. The number of aliphatic hydroxyl groups excluding tert-OH is 1. The van der Waals surface area contributed by atoms with E-state index in [1.54, 1.807) is 11.1 Å². The van der Waals surface area contributed by atoms with Crippen molar-refractivity contribution in [1.82, 2.24) is 0 Å². The molecule has 140 valence electrons. The highest BCUT2D eigenvalue weighted by Crippen LogP contribution is 2.61. The van der Waals surface area contributed by atoms with Gasteiger partial charge in [0.2, 0.25) is 0 Å². The molecule has 0 aromatic heterocycles. The van der Waals surface area contributed by atoms with Crippen LogP contribution in [0.15, 0.2) is 22.8 Å². The molecule has 3 unspecified atom stereocenters. The number of hydrogen-bond donors (Lipinski definition) is 1. The Hall–Kier alpha value is -0.640. The van der Waals surface area contributed by atoms with E-state index in [4.69, 9.17) is 9.47 Å². The maximum atomic E-state index is 10.3. The van der Waals surface area contributed by atoms with Crippen LogP contribution >= 0.6 is 0 Å². The topological polar surface area (TPSA) is 38.7 Å². The predicted octanol–water partition coefficient (Wildman–Crippen LogP) is 4.26. The van der Waals surface area contributed by atoms with Crippen LogP contribution in [0.25, 0.3) is 0 Å². The third-order valence-electron chi connectivity index (χ3n) is 8.07. The second-order valence-corrected chi connectivity index (χ2v) is 9.03. The average Bonchev–Trinajstić information content (AvgIpc) is 2.97. The Labute approximate surface area is 152 Å². The van der Waals surface area contributed by atoms with Crippen molar-refractivity contribution in [2.24, 2.45) is 23.2 Å². The Morgan fingerprint density at radius 2 is 1.88 bits per heavy atom. The van der Waals surface area contributed by atoms with Crippen LogP contribution in [0.3, 0.4) is 0 Å². The number of fused-ring (bicyclic) bond motifs is 4. The van der Waals surface area contributed by atoms with Gasteiger partial charge in [0.25, 0.3) is 0 Å². The lowest BCUT2D eigenvalue weighted by molar-refractivity contribution is -0.0296. The molecular weight excluding hydrogens is 312 g/mol. The molecule has 3 nitrogen and oxygen atoms in total.